The average molecular weight is 171 g/mol. The monoisotopic (exact) mass is 171 g/mol. The van der Waals surface area contributed by atoms with E-state index in [1.165, 1.54) is 4.90 Å². The molecule has 70 valence electrons. The van der Waals surface area contributed by atoms with E-state index in [1.54, 1.807) is 26.0 Å². The normalized spacial score (nSPS) is 9.33. The number of amidine groups is 1. The van der Waals surface area contributed by atoms with Crippen LogP contribution in [0.1, 0.15) is 13.3 Å². The van der Waals surface area contributed by atoms with E-state index in [1.807, 2.05) is 6.92 Å². The molecule has 0 aliphatic carbocycles. The summed E-state index contributed by atoms with van der Waals surface area (Å²) in [5.41, 5.74) is 0. The second kappa shape index (κ2) is 4.74. The van der Waals surface area contributed by atoms with Crippen molar-refractivity contribution in [3.8, 4) is 0 Å². The largest absolute Gasteiger partial charge is 0.354 e. The molecule has 4 nitrogen and oxygen atoms in total. The van der Waals surface area contributed by atoms with Crippen LogP contribution in [0, 0.1) is 5.41 Å². The van der Waals surface area contributed by atoms with E-state index in [-0.39, 0.29) is 5.91 Å². The zero-order valence-electron chi connectivity index (χ0n) is 8.22. The van der Waals surface area contributed by atoms with Gasteiger partial charge >= 0.3 is 0 Å². The summed E-state index contributed by atoms with van der Waals surface area (Å²) in [7, 11) is 5.19. The second-order valence-corrected chi connectivity index (χ2v) is 2.94. The molecule has 0 saturated carbocycles. The predicted molar refractivity (Wildman–Crippen MR) is 49.3 cm³/mol. The van der Waals surface area contributed by atoms with Gasteiger partial charge in [-0.2, -0.15) is 0 Å². The molecule has 0 atom stereocenters. The molecule has 0 heterocycles. The molecular formula is C8H17N3O. The van der Waals surface area contributed by atoms with Gasteiger partial charge in [0.15, 0.2) is 0 Å². The zero-order chi connectivity index (χ0) is 9.72. The highest BCUT2D eigenvalue weighted by atomic mass is 16.2. The minimum absolute atomic E-state index is 0.0238. The summed E-state index contributed by atoms with van der Waals surface area (Å²) < 4.78 is 0. The highest BCUT2D eigenvalue weighted by Gasteiger charge is 2.09. The summed E-state index contributed by atoms with van der Waals surface area (Å²) >= 11 is 0. The molecule has 0 aromatic carbocycles. The smallest absolute Gasteiger partial charge is 0.241 e. The van der Waals surface area contributed by atoms with Crippen molar-refractivity contribution in [1.82, 2.24) is 9.80 Å². The Morgan fingerprint density at radius 2 is 1.83 bits per heavy atom. The molecule has 0 aromatic heterocycles. The Kier molecular flexibility index (Phi) is 4.33. The van der Waals surface area contributed by atoms with Gasteiger partial charge in [0.25, 0.3) is 0 Å². The third-order valence-electron chi connectivity index (χ3n) is 1.67. The second-order valence-electron chi connectivity index (χ2n) is 2.94. The van der Waals surface area contributed by atoms with Crippen LogP contribution in [0.3, 0.4) is 0 Å². The Labute approximate surface area is 73.7 Å². The minimum atomic E-state index is 0.0238. The molecule has 0 rings (SSSR count). The van der Waals surface area contributed by atoms with Crippen LogP contribution in [-0.4, -0.2) is 49.2 Å². The van der Waals surface area contributed by atoms with Crippen molar-refractivity contribution in [1.29, 1.82) is 5.41 Å². The lowest BCUT2D eigenvalue weighted by molar-refractivity contribution is -0.128. The first-order valence-corrected chi connectivity index (χ1v) is 3.97. The van der Waals surface area contributed by atoms with Crippen molar-refractivity contribution in [2.75, 3.05) is 27.7 Å². The van der Waals surface area contributed by atoms with Crippen molar-refractivity contribution < 1.29 is 4.79 Å². The number of amides is 1. The summed E-state index contributed by atoms with van der Waals surface area (Å²) in [5, 5.41) is 7.43. The maximum atomic E-state index is 11.2. The van der Waals surface area contributed by atoms with Crippen molar-refractivity contribution in [2.24, 2.45) is 0 Å². The highest BCUT2D eigenvalue weighted by Crippen LogP contribution is 1.91. The third-order valence-corrected chi connectivity index (χ3v) is 1.67. The standard InChI is InChI=1S/C8H17N3O/c1-5-7(9)11(4)6-8(12)10(2)3/h9H,5-6H2,1-4H3. The van der Waals surface area contributed by atoms with Crippen molar-refractivity contribution in [3.63, 3.8) is 0 Å². The Morgan fingerprint density at radius 3 is 2.17 bits per heavy atom. The van der Waals surface area contributed by atoms with Crippen LogP contribution in [0.5, 0.6) is 0 Å². The maximum absolute atomic E-state index is 11.2. The van der Waals surface area contributed by atoms with E-state index in [9.17, 15) is 4.79 Å². The van der Waals surface area contributed by atoms with Gasteiger partial charge < -0.3 is 9.80 Å². The summed E-state index contributed by atoms with van der Waals surface area (Å²) in [6.45, 7) is 2.19. The number of rotatable bonds is 3. The Hall–Kier alpha value is -1.06. The van der Waals surface area contributed by atoms with Crippen LogP contribution in [-0.2, 0) is 4.79 Å². The van der Waals surface area contributed by atoms with E-state index < -0.39 is 0 Å². The van der Waals surface area contributed by atoms with Gasteiger partial charge in [0, 0.05) is 27.6 Å². The molecule has 0 fully saturated rings. The van der Waals surface area contributed by atoms with E-state index in [0.29, 0.717) is 18.8 Å². The Balaban J connectivity index is 3.92. The predicted octanol–water partition coefficient (Wildman–Crippen LogP) is 0.394. The molecular weight excluding hydrogens is 154 g/mol. The van der Waals surface area contributed by atoms with Crippen LogP contribution in [0.25, 0.3) is 0 Å². The van der Waals surface area contributed by atoms with Gasteiger partial charge in [0.05, 0.1) is 12.4 Å². The first-order chi connectivity index (χ1) is 5.49. The number of carbonyl (C=O) groups is 1. The molecule has 0 bridgehead atoms. The molecule has 1 amide bonds. The molecule has 0 radical (unpaired) electrons. The number of likely N-dealkylation sites (N-methyl/N-ethyl adjacent to an activating group) is 2. The molecule has 0 aliphatic heterocycles. The Bertz CT molecular complexity index is 177. The van der Waals surface area contributed by atoms with Gasteiger partial charge in [-0.25, -0.2) is 0 Å². The lowest BCUT2D eigenvalue weighted by atomic mass is 10.4. The van der Waals surface area contributed by atoms with Crippen molar-refractivity contribution in [2.45, 2.75) is 13.3 Å². The zero-order valence-corrected chi connectivity index (χ0v) is 8.22. The van der Waals surface area contributed by atoms with Gasteiger partial charge in [-0.05, 0) is 0 Å². The molecule has 4 heteroatoms. The van der Waals surface area contributed by atoms with Crippen LogP contribution in [0.2, 0.25) is 0 Å². The first-order valence-electron chi connectivity index (χ1n) is 3.97. The summed E-state index contributed by atoms with van der Waals surface area (Å²) in [6.07, 6.45) is 0.664. The van der Waals surface area contributed by atoms with Crippen LogP contribution >= 0.6 is 0 Å². The molecule has 1 N–H and O–H groups in total. The fourth-order valence-corrected chi connectivity index (χ4v) is 0.710. The van der Waals surface area contributed by atoms with Crippen LogP contribution in [0.15, 0.2) is 0 Å². The first kappa shape index (κ1) is 10.9. The lowest BCUT2D eigenvalue weighted by Crippen LogP contribution is -2.37. The molecule has 0 unspecified atom stereocenters. The topological polar surface area (TPSA) is 47.4 Å². The number of nitrogens with zero attached hydrogens (tertiary/aromatic N) is 2. The molecule has 12 heavy (non-hydrogen) atoms. The van der Waals surface area contributed by atoms with Gasteiger partial charge in [-0.15, -0.1) is 0 Å². The average Bonchev–Trinajstić information content (AvgIpc) is 2.02. The van der Waals surface area contributed by atoms with E-state index in [4.69, 9.17) is 5.41 Å². The maximum Gasteiger partial charge on any atom is 0.241 e. The summed E-state index contributed by atoms with van der Waals surface area (Å²) in [6, 6.07) is 0. The number of nitrogens with one attached hydrogen (secondary N) is 1. The summed E-state index contributed by atoms with van der Waals surface area (Å²) in [4.78, 5) is 14.3. The fraction of sp³-hybridized carbons (Fsp3) is 0.750. The van der Waals surface area contributed by atoms with Gasteiger partial charge in [-0.1, -0.05) is 6.92 Å². The lowest BCUT2D eigenvalue weighted by Gasteiger charge is -2.20. The van der Waals surface area contributed by atoms with Gasteiger partial charge in [-0.3, -0.25) is 10.2 Å². The summed E-state index contributed by atoms with van der Waals surface area (Å²) in [5.74, 6) is 0.515. The van der Waals surface area contributed by atoms with Crippen molar-refractivity contribution in [3.05, 3.63) is 0 Å². The van der Waals surface area contributed by atoms with Crippen molar-refractivity contribution >= 4 is 11.7 Å². The van der Waals surface area contributed by atoms with E-state index >= 15 is 0 Å². The van der Waals surface area contributed by atoms with Crippen LogP contribution in [0.4, 0.5) is 0 Å². The van der Waals surface area contributed by atoms with Crippen LogP contribution < -0.4 is 0 Å². The quantitative estimate of drug-likeness (QED) is 0.493. The van der Waals surface area contributed by atoms with E-state index in [0.717, 1.165) is 0 Å². The number of carbonyl (C=O) groups excluding carboxylic acids is 1. The number of hydrogen-bond donors (Lipinski definition) is 1. The van der Waals surface area contributed by atoms with Gasteiger partial charge in [0.1, 0.15) is 0 Å². The third kappa shape index (κ3) is 3.37. The number of hydrogen-bond acceptors (Lipinski definition) is 2. The van der Waals surface area contributed by atoms with E-state index in [2.05, 4.69) is 0 Å². The highest BCUT2D eigenvalue weighted by molar-refractivity contribution is 5.85. The molecule has 0 aliphatic rings. The Morgan fingerprint density at radius 1 is 1.33 bits per heavy atom. The molecule has 0 spiro atoms. The fourth-order valence-electron chi connectivity index (χ4n) is 0.710. The molecule has 0 saturated heterocycles. The van der Waals surface area contributed by atoms with Gasteiger partial charge in [0.2, 0.25) is 5.91 Å². The molecule has 0 aromatic rings. The SMILES string of the molecule is CCC(=N)N(C)CC(=O)N(C)C. The minimum Gasteiger partial charge on any atom is -0.354 e.